The number of carbonyl (C=O) groups excluding carboxylic acids is 4. The van der Waals surface area contributed by atoms with Gasteiger partial charge in [0.2, 0.25) is 23.6 Å². The molecule has 0 aliphatic rings. The summed E-state index contributed by atoms with van der Waals surface area (Å²) in [5.74, 6) is -4.63. The number of carboxylic acid groups (broad SMARTS) is 1. The third-order valence-corrected chi connectivity index (χ3v) is 3.30. The Labute approximate surface area is 149 Å². The smallest absolute Gasteiger partial charge is 0.325 e. The first-order valence-corrected chi connectivity index (χ1v) is 7.72. The number of nitrogens with two attached hydrogens (primary N) is 2. The number of carbonyl (C=O) groups is 5. The molecule has 0 heterocycles. The number of rotatable bonds is 10. The summed E-state index contributed by atoms with van der Waals surface area (Å²) in [7, 11) is 0. The minimum absolute atomic E-state index is 0.453. The van der Waals surface area contributed by atoms with E-state index in [1.165, 1.54) is 20.8 Å². The molecule has 148 valence electrons. The summed E-state index contributed by atoms with van der Waals surface area (Å²) < 4.78 is 0. The van der Waals surface area contributed by atoms with Gasteiger partial charge in [-0.3, -0.25) is 24.0 Å². The van der Waals surface area contributed by atoms with E-state index in [-0.39, 0.29) is 0 Å². The van der Waals surface area contributed by atoms with Crippen molar-refractivity contribution in [1.82, 2.24) is 16.0 Å². The molecule has 0 aromatic carbocycles. The topological polar surface area (TPSA) is 214 Å². The van der Waals surface area contributed by atoms with Crippen LogP contribution in [0.4, 0.5) is 0 Å². The lowest BCUT2D eigenvalue weighted by atomic mass is 10.1. The van der Waals surface area contributed by atoms with Gasteiger partial charge in [-0.15, -0.1) is 0 Å². The van der Waals surface area contributed by atoms with Gasteiger partial charge in [-0.25, -0.2) is 0 Å². The number of hydrogen-bond acceptors (Lipinski definition) is 7. The van der Waals surface area contributed by atoms with Crippen LogP contribution in [0.15, 0.2) is 0 Å². The zero-order chi connectivity index (χ0) is 20.6. The molecule has 5 atom stereocenters. The second-order valence-electron chi connectivity index (χ2n) is 5.80. The molecule has 4 amide bonds. The molecule has 0 saturated heterocycles. The molecule has 12 heteroatoms. The van der Waals surface area contributed by atoms with Crippen LogP contribution >= 0.6 is 0 Å². The van der Waals surface area contributed by atoms with Crippen molar-refractivity contribution < 1.29 is 34.2 Å². The molecule has 0 radical (unpaired) electrons. The largest absolute Gasteiger partial charge is 0.480 e. The quantitative estimate of drug-likeness (QED) is 0.200. The third kappa shape index (κ3) is 7.90. The average molecular weight is 375 g/mol. The Bertz CT molecular complexity index is 566. The van der Waals surface area contributed by atoms with Gasteiger partial charge < -0.3 is 37.6 Å². The van der Waals surface area contributed by atoms with Gasteiger partial charge in [-0.1, -0.05) is 0 Å². The Morgan fingerprint density at radius 2 is 1.38 bits per heavy atom. The van der Waals surface area contributed by atoms with Gasteiger partial charge in [0.15, 0.2) is 0 Å². The first-order chi connectivity index (χ1) is 11.9. The fourth-order valence-corrected chi connectivity index (χ4v) is 1.74. The zero-order valence-electron chi connectivity index (χ0n) is 14.7. The number of aliphatic carboxylic acids is 1. The summed E-state index contributed by atoms with van der Waals surface area (Å²) >= 11 is 0. The van der Waals surface area contributed by atoms with E-state index in [4.69, 9.17) is 16.6 Å². The SMILES string of the molecule is CC(NC(=O)C(C)NC(=O)C(NC(=O)C(N)CC(N)=O)C(C)O)C(=O)O. The maximum atomic E-state index is 12.2. The van der Waals surface area contributed by atoms with Crippen molar-refractivity contribution in [3.05, 3.63) is 0 Å². The van der Waals surface area contributed by atoms with Crippen LogP contribution in [-0.2, 0) is 24.0 Å². The van der Waals surface area contributed by atoms with E-state index in [0.29, 0.717) is 0 Å². The highest BCUT2D eigenvalue weighted by atomic mass is 16.4. The van der Waals surface area contributed by atoms with E-state index >= 15 is 0 Å². The highest BCUT2D eigenvalue weighted by Gasteiger charge is 2.30. The van der Waals surface area contributed by atoms with E-state index in [1.807, 2.05) is 0 Å². The fraction of sp³-hybridized carbons (Fsp3) is 0.643. The average Bonchev–Trinajstić information content (AvgIpc) is 2.50. The van der Waals surface area contributed by atoms with Crippen LogP contribution in [0.25, 0.3) is 0 Å². The van der Waals surface area contributed by atoms with Crippen LogP contribution < -0.4 is 27.4 Å². The van der Waals surface area contributed by atoms with Crippen LogP contribution in [0, 0.1) is 0 Å². The second-order valence-corrected chi connectivity index (χ2v) is 5.80. The van der Waals surface area contributed by atoms with Gasteiger partial charge in [-0.05, 0) is 20.8 Å². The number of carboxylic acids is 1. The molecule has 0 rings (SSSR count). The van der Waals surface area contributed by atoms with Crippen molar-refractivity contribution in [2.45, 2.75) is 57.5 Å². The lowest BCUT2D eigenvalue weighted by molar-refractivity contribution is -0.141. The minimum Gasteiger partial charge on any atom is -0.480 e. The van der Waals surface area contributed by atoms with E-state index in [9.17, 15) is 29.1 Å². The van der Waals surface area contributed by atoms with E-state index in [2.05, 4.69) is 16.0 Å². The molecule has 12 nitrogen and oxygen atoms in total. The van der Waals surface area contributed by atoms with Crippen molar-refractivity contribution in [2.24, 2.45) is 11.5 Å². The molecule has 0 fully saturated rings. The van der Waals surface area contributed by atoms with Crippen LogP contribution in [-0.4, -0.2) is 70.1 Å². The number of aliphatic hydroxyl groups is 1. The molecular weight excluding hydrogens is 350 g/mol. The van der Waals surface area contributed by atoms with Crippen LogP contribution in [0.3, 0.4) is 0 Å². The molecule has 0 bridgehead atoms. The summed E-state index contributed by atoms with van der Waals surface area (Å²) in [6, 6.07) is -5.06. The Kier molecular flexibility index (Phi) is 9.22. The summed E-state index contributed by atoms with van der Waals surface area (Å²) in [6.07, 6.45) is -1.79. The highest BCUT2D eigenvalue weighted by Crippen LogP contribution is 1.98. The number of nitrogens with one attached hydrogen (secondary N) is 3. The first kappa shape index (κ1) is 23.3. The summed E-state index contributed by atoms with van der Waals surface area (Å²) in [5, 5.41) is 25.0. The highest BCUT2D eigenvalue weighted by molar-refractivity contribution is 5.95. The Hall–Kier alpha value is -2.73. The number of aliphatic hydroxyl groups excluding tert-OH is 1. The van der Waals surface area contributed by atoms with Crippen molar-refractivity contribution in [3.8, 4) is 0 Å². The monoisotopic (exact) mass is 375 g/mol. The van der Waals surface area contributed by atoms with Crippen molar-refractivity contribution in [3.63, 3.8) is 0 Å². The number of primary amides is 1. The predicted molar refractivity (Wildman–Crippen MR) is 88.2 cm³/mol. The molecule has 0 spiro atoms. The molecule has 5 unspecified atom stereocenters. The fourth-order valence-electron chi connectivity index (χ4n) is 1.74. The number of hydrogen-bond donors (Lipinski definition) is 7. The van der Waals surface area contributed by atoms with Gasteiger partial charge >= 0.3 is 5.97 Å². The lowest BCUT2D eigenvalue weighted by Crippen LogP contribution is -2.59. The molecule has 0 aromatic heterocycles. The van der Waals surface area contributed by atoms with E-state index in [0.717, 1.165) is 0 Å². The van der Waals surface area contributed by atoms with Gasteiger partial charge in [0.25, 0.3) is 0 Å². The number of amides is 4. The van der Waals surface area contributed by atoms with Gasteiger partial charge in [-0.2, -0.15) is 0 Å². The molecular formula is C14H25N5O7. The Balaban J connectivity index is 4.87. The van der Waals surface area contributed by atoms with Crippen LogP contribution in [0.5, 0.6) is 0 Å². The van der Waals surface area contributed by atoms with Gasteiger partial charge in [0, 0.05) is 0 Å². The maximum absolute atomic E-state index is 12.2. The molecule has 26 heavy (non-hydrogen) atoms. The Morgan fingerprint density at radius 1 is 0.885 bits per heavy atom. The van der Waals surface area contributed by atoms with E-state index < -0.39 is 66.3 Å². The van der Waals surface area contributed by atoms with Crippen molar-refractivity contribution in [2.75, 3.05) is 0 Å². The molecule has 0 aliphatic heterocycles. The summed E-state index contributed by atoms with van der Waals surface area (Å²) in [6.45, 7) is 3.76. The van der Waals surface area contributed by atoms with Crippen molar-refractivity contribution >= 4 is 29.6 Å². The maximum Gasteiger partial charge on any atom is 0.325 e. The van der Waals surface area contributed by atoms with Crippen LogP contribution in [0.1, 0.15) is 27.2 Å². The van der Waals surface area contributed by atoms with E-state index in [1.54, 1.807) is 0 Å². The van der Waals surface area contributed by atoms with Gasteiger partial charge in [0.05, 0.1) is 18.6 Å². The molecule has 0 aromatic rings. The van der Waals surface area contributed by atoms with Gasteiger partial charge in [0.1, 0.15) is 18.1 Å². The predicted octanol–water partition coefficient (Wildman–Crippen LogP) is -3.85. The molecule has 0 aliphatic carbocycles. The van der Waals surface area contributed by atoms with Crippen molar-refractivity contribution in [1.29, 1.82) is 0 Å². The normalized spacial score (nSPS) is 16.3. The minimum atomic E-state index is -1.45. The molecule has 0 saturated carbocycles. The standard InChI is InChI=1S/C14H25N5O7/c1-5(11(22)18-6(2)14(25)26)17-13(24)10(7(3)20)19-12(23)8(15)4-9(16)21/h5-8,10,20H,4,15H2,1-3H3,(H2,16,21)(H,17,24)(H,18,22)(H,19,23)(H,25,26). The lowest BCUT2D eigenvalue weighted by Gasteiger charge is -2.24. The summed E-state index contributed by atoms with van der Waals surface area (Å²) in [5.41, 5.74) is 10.4. The zero-order valence-corrected chi connectivity index (χ0v) is 14.7. The molecule has 9 N–H and O–H groups in total. The second kappa shape index (κ2) is 10.3. The Morgan fingerprint density at radius 3 is 1.81 bits per heavy atom. The first-order valence-electron chi connectivity index (χ1n) is 7.72. The summed E-state index contributed by atoms with van der Waals surface area (Å²) in [4.78, 5) is 57.4. The van der Waals surface area contributed by atoms with Crippen LogP contribution in [0.2, 0.25) is 0 Å². The third-order valence-electron chi connectivity index (χ3n) is 3.30.